The minimum absolute atomic E-state index is 0.178. The number of hydrogen-bond acceptors (Lipinski definition) is 5. The summed E-state index contributed by atoms with van der Waals surface area (Å²) in [5.41, 5.74) is -2.95. The van der Waals surface area contributed by atoms with Crippen molar-refractivity contribution in [1.82, 2.24) is 9.55 Å². The predicted molar refractivity (Wildman–Crippen MR) is 131 cm³/mol. The predicted octanol–water partition coefficient (Wildman–Crippen LogP) is 6.15. The molecule has 10 heteroatoms. The molecule has 0 saturated carbocycles. The van der Waals surface area contributed by atoms with Crippen LogP contribution in [-0.2, 0) is 12.0 Å². The standard InChI is InChI=1S/C25H22ClF3N2O3S/c1-23(2,17-10-15(5-6-19(17)32)16-4-3-8-30-12-16)13-24(34,25(27,28)29)14-31-9-7-20(33)22-18(31)11-21(26)35-22/h3-12,32,34H,13-14H2,1-2H3. The Labute approximate surface area is 208 Å². The third kappa shape index (κ3) is 4.94. The van der Waals surface area contributed by atoms with Gasteiger partial charge in [-0.2, -0.15) is 13.2 Å². The smallest absolute Gasteiger partial charge is 0.418 e. The lowest BCUT2D eigenvalue weighted by molar-refractivity contribution is -0.271. The number of aliphatic hydroxyl groups is 1. The van der Waals surface area contributed by atoms with E-state index in [0.29, 0.717) is 5.56 Å². The number of thiophene rings is 1. The number of rotatable bonds is 6. The summed E-state index contributed by atoms with van der Waals surface area (Å²) < 4.78 is 44.7. The van der Waals surface area contributed by atoms with Crippen molar-refractivity contribution in [2.24, 2.45) is 0 Å². The van der Waals surface area contributed by atoms with Crippen LogP contribution < -0.4 is 5.43 Å². The Bertz CT molecular complexity index is 1430. The number of phenolic OH excluding ortho intramolecular Hbond substituents is 1. The van der Waals surface area contributed by atoms with Gasteiger partial charge in [-0.15, -0.1) is 11.3 Å². The SMILES string of the molecule is CC(C)(CC(O)(Cn1ccc(=O)c2sc(Cl)cc21)C(F)(F)F)c1cc(-c2cccnc2)ccc1O. The number of fused-ring (bicyclic) bond motifs is 1. The summed E-state index contributed by atoms with van der Waals surface area (Å²) in [5.74, 6) is -0.178. The molecule has 35 heavy (non-hydrogen) atoms. The number of nitrogens with zero attached hydrogens (tertiary/aromatic N) is 2. The molecular weight excluding hydrogens is 501 g/mol. The van der Waals surface area contributed by atoms with Gasteiger partial charge in [0.2, 0.25) is 0 Å². The summed E-state index contributed by atoms with van der Waals surface area (Å²) >= 11 is 6.98. The van der Waals surface area contributed by atoms with Crippen molar-refractivity contribution < 1.29 is 23.4 Å². The molecule has 3 aromatic heterocycles. The molecular formula is C25H22ClF3N2O3S. The molecule has 1 unspecified atom stereocenters. The second kappa shape index (κ2) is 8.96. The average Bonchev–Trinajstić information content (AvgIpc) is 3.18. The van der Waals surface area contributed by atoms with Crippen LogP contribution >= 0.6 is 22.9 Å². The Kier molecular flexibility index (Phi) is 6.46. The van der Waals surface area contributed by atoms with Crippen molar-refractivity contribution in [2.75, 3.05) is 0 Å². The topological polar surface area (TPSA) is 75.4 Å². The third-order valence-electron chi connectivity index (χ3n) is 6.04. The first-order valence-electron chi connectivity index (χ1n) is 10.6. The number of aromatic hydroxyl groups is 1. The van der Waals surface area contributed by atoms with E-state index in [1.165, 1.54) is 36.7 Å². The molecule has 1 atom stereocenters. The summed E-state index contributed by atoms with van der Waals surface area (Å²) in [7, 11) is 0. The molecule has 4 rings (SSSR count). The molecule has 0 saturated heterocycles. The molecule has 0 amide bonds. The number of hydrogen-bond donors (Lipinski definition) is 2. The van der Waals surface area contributed by atoms with Gasteiger partial charge in [-0.25, -0.2) is 0 Å². The van der Waals surface area contributed by atoms with Crippen molar-refractivity contribution in [2.45, 2.75) is 44.0 Å². The Morgan fingerprint density at radius 2 is 1.86 bits per heavy atom. The van der Waals surface area contributed by atoms with E-state index in [4.69, 9.17) is 11.6 Å². The molecule has 5 nitrogen and oxygen atoms in total. The van der Waals surface area contributed by atoms with E-state index in [-0.39, 0.29) is 31.3 Å². The van der Waals surface area contributed by atoms with E-state index < -0.39 is 30.2 Å². The van der Waals surface area contributed by atoms with Gasteiger partial charge in [-0.3, -0.25) is 9.78 Å². The fourth-order valence-electron chi connectivity index (χ4n) is 4.34. The van der Waals surface area contributed by atoms with E-state index in [2.05, 4.69) is 4.98 Å². The molecule has 0 spiro atoms. The minimum Gasteiger partial charge on any atom is -0.508 e. The first-order chi connectivity index (χ1) is 16.3. The first kappa shape index (κ1) is 25.2. The Hall–Kier alpha value is -2.88. The van der Waals surface area contributed by atoms with E-state index in [1.54, 1.807) is 36.7 Å². The zero-order valence-corrected chi connectivity index (χ0v) is 20.4. The van der Waals surface area contributed by atoms with Crippen LogP contribution in [0.2, 0.25) is 4.34 Å². The molecule has 2 N–H and O–H groups in total. The fraction of sp³-hybridized carbons (Fsp3) is 0.280. The van der Waals surface area contributed by atoms with Crippen LogP contribution in [0.3, 0.4) is 0 Å². The second-order valence-corrected chi connectivity index (χ2v) is 10.8. The Balaban J connectivity index is 1.75. The zero-order valence-electron chi connectivity index (χ0n) is 18.8. The van der Waals surface area contributed by atoms with Crippen LogP contribution in [0.4, 0.5) is 13.2 Å². The summed E-state index contributed by atoms with van der Waals surface area (Å²) in [6.07, 6.45) is -1.32. The number of pyridine rings is 2. The van der Waals surface area contributed by atoms with Crippen LogP contribution in [0.1, 0.15) is 25.8 Å². The molecule has 0 aliphatic rings. The molecule has 0 fully saturated rings. The van der Waals surface area contributed by atoms with Gasteiger partial charge in [0.15, 0.2) is 11.0 Å². The highest BCUT2D eigenvalue weighted by Crippen LogP contribution is 2.45. The van der Waals surface area contributed by atoms with E-state index >= 15 is 0 Å². The van der Waals surface area contributed by atoms with E-state index in [0.717, 1.165) is 23.0 Å². The maximum Gasteiger partial charge on any atom is 0.418 e. The van der Waals surface area contributed by atoms with E-state index in [1.807, 2.05) is 0 Å². The van der Waals surface area contributed by atoms with Gasteiger partial charge in [0.25, 0.3) is 0 Å². The number of phenols is 1. The fourth-order valence-corrected chi connectivity index (χ4v) is 5.49. The molecule has 4 aromatic rings. The number of alkyl halides is 3. The van der Waals surface area contributed by atoms with Crippen molar-refractivity contribution in [3.8, 4) is 16.9 Å². The highest BCUT2D eigenvalue weighted by molar-refractivity contribution is 7.22. The van der Waals surface area contributed by atoms with Crippen molar-refractivity contribution in [1.29, 1.82) is 0 Å². The Morgan fingerprint density at radius 3 is 2.51 bits per heavy atom. The molecule has 0 radical (unpaired) electrons. The summed E-state index contributed by atoms with van der Waals surface area (Å²) in [4.78, 5) is 16.2. The van der Waals surface area contributed by atoms with Crippen LogP contribution in [-0.4, -0.2) is 31.5 Å². The normalized spacial score (nSPS) is 14.3. The van der Waals surface area contributed by atoms with Crippen molar-refractivity contribution >= 4 is 33.2 Å². The van der Waals surface area contributed by atoms with Crippen molar-refractivity contribution in [3.05, 3.63) is 81.2 Å². The van der Waals surface area contributed by atoms with Gasteiger partial charge in [0.1, 0.15) is 5.75 Å². The van der Waals surface area contributed by atoms with Gasteiger partial charge in [-0.1, -0.05) is 37.6 Å². The highest BCUT2D eigenvalue weighted by Gasteiger charge is 2.56. The van der Waals surface area contributed by atoms with Crippen LogP contribution in [0.15, 0.2) is 65.8 Å². The van der Waals surface area contributed by atoms with Gasteiger partial charge in [0, 0.05) is 35.8 Å². The molecule has 0 aliphatic carbocycles. The zero-order chi connectivity index (χ0) is 25.6. The van der Waals surface area contributed by atoms with Gasteiger partial charge in [-0.05, 0) is 41.7 Å². The lowest BCUT2D eigenvalue weighted by Gasteiger charge is -2.38. The maximum atomic E-state index is 14.3. The third-order valence-corrected chi connectivity index (χ3v) is 7.30. The summed E-state index contributed by atoms with van der Waals surface area (Å²) in [6, 6.07) is 10.8. The van der Waals surface area contributed by atoms with Crippen LogP contribution in [0, 0.1) is 0 Å². The quantitative estimate of drug-likeness (QED) is 0.319. The van der Waals surface area contributed by atoms with Gasteiger partial charge < -0.3 is 14.8 Å². The monoisotopic (exact) mass is 522 g/mol. The number of halogens is 4. The van der Waals surface area contributed by atoms with Gasteiger partial charge >= 0.3 is 6.18 Å². The minimum atomic E-state index is -5.00. The average molecular weight is 523 g/mol. The number of benzene rings is 1. The summed E-state index contributed by atoms with van der Waals surface area (Å²) in [6.45, 7) is 2.22. The van der Waals surface area contributed by atoms with Gasteiger partial charge in [0.05, 0.1) is 21.1 Å². The largest absolute Gasteiger partial charge is 0.508 e. The van der Waals surface area contributed by atoms with Crippen molar-refractivity contribution in [3.63, 3.8) is 0 Å². The molecule has 3 heterocycles. The highest BCUT2D eigenvalue weighted by atomic mass is 35.5. The molecule has 0 bridgehead atoms. The van der Waals surface area contributed by atoms with Crippen LogP contribution in [0.25, 0.3) is 21.3 Å². The first-order valence-corrected chi connectivity index (χ1v) is 11.8. The maximum absolute atomic E-state index is 14.3. The molecule has 0 aliphatic heterocycles. The molecule has 1 aromatic carbocycles. The van der Waals surface area contributed by atoms with Crippen LogP contribution in [0.5, 0.6) is 5.75 Å². The lowest BCUT2D eigenvalue weighted by Crippen LogP contribution is -2.52. The molecule has 184 valence electrons. The summed E-state index contributed by atoms with van der Waals surface area (Å²) in [5, 5.41) is 21.6. The Morgan fingerprint density at radius 1 is 1.11 bits per heavy atom. The second-order valence-electron chi connectivity index (χ2n) is 9.14. The van der Waals surface area contributed by atoms with E-state index in [9.17, 15) is 28.2 Å². The number of aromatic nitrogens is 2. The lowest BCUT2D eigenvalue weighted by atomic mass is 9.74.